The lowest BCUT2D eigenvalue weighted by atomic mass is 10.1. The van der Waals surface area contributed by atoms with Gasteiger partial charge in [-0.15, -0.1) is 11.8 Å². The van der Waals surface area contributed by atoms with Crippen molar-refractivity contribution >= 4 is 41.0 Å². The molecule has 0 saturated heterocycles. The third-order valence-corrected chi connectivity index (χ3v) is 5.79. The Labute approximate surface area is 184 Å². The van der Waals surface area contributed by atoms with E-state index in [0.29, 0.717) is 11.4 Å². The molecular formula is C19H16N4O8S. The molecule has 0 aromatic heterocycles. The van der Waals surface area contributed by atoms with Crippen molar-refractivity contribution in [3.8, 4) is 11.5 Å². The van der Waals surface area contributed by atoms with Crippen molar-refractivity contribution in [2.45, 2.75) is 23.2 Å². The maximum Gasteiger partial charge on any atom is 0.426 e. The highest BCUT2D eigenvalue weighted by Gasteiger charge is 2.29. The fourth-order valence-electron chi connectivity index (χ4n) is 3.01. The van der Waals surface area contributed by atoms with Crippen LogP contribution >= 0.6 is 11.8 Å². The standard InChI is InChI=1S/C19H16N4O8S/c24-17(7-16-18(25)20-11-3-1-2-4-15(11)32-16)21-22-19(26)29-8-10-5-13-14(31-9-30-13)6-12(10)23(27)28/h1-6,16H,7-9H2,(H,20,25)(H,21,24)(H,22,26). The van der Waals surface area contributed by atoms with Crippen molar-refractivity contribution < 1.29 is 33.5 Å². The molecule has 4 rings (SSSR count). The molecule has 0 aliphatic carbocycles. The number of thioether (sulfide) groups is 1. The quantitative estimate of drug-likeness (QED) is 0.449. The predicted molar refractivity (Wildman–Crippen MR) is 110 cm³/mol. The van der Waals surface area contributed by atoms with Crippen molar-refractivity contribution in [1.29, 1.82) is 0 Å². The Balaban J connectivity index is 1.27. The maximum absolute atomic E-state index is 12.2. The molecule has 1 atom stereocenters. The average molecular weight is 460 g/mol. The lowest BCUT2D eigenvalue weighted by Crippen LogP contribution is -2.44. The lowest BCUT2D eigenvalue weighted by Gasteiger charge is -2.23. The van der Waals surface area contributed by atoms with Gasteiger partial charge in [0, 0.05) is 11.3 Å². The van der Waals surface area contributed by atoms with Crippen molar-refractivity contribution in [3.05, 3.63) is 52.1 Å². The number of hydrogen-bond acceptors (Lipinski definition) is 9. The Morgan fingerprint density at radius 1 is 1.22 bits per heavy atom. The van der Waals surface area contributed by atoms with E-state index in [1.807, 2.05) is 17.6 Å². The predicted octanol–water partition coefficient (Wildman–Crippen LogP) is 2.08. The van der Waals surface area contributed by atoms with Crippen LogP contribution in [0.1, 0.15) is 12.0 Å². The third-order valence-electron chi connectivity index (χ3n) is 4.51. The molecule has 166 valence electrons. The Morgan fingerprint density at radius 3 is 2.75 bits per heavy atom. The van der Waals surface area contributed by atoms with Gasteiger partial charge in [-0.05, 0) is 18.2 Å². The van der Waals surface area contributed by atoms with Gasteiger partial charge in [0.2, 0.25) is 18.6 Å². The summed E-state index contributed by atoms with van der Waals surface area (Å²) in [6.07, 6.45) is -1.21. The first kappa shape index (κ1) is 21.2. The lowest BCUT2D eigenvalue weighted by molar-refractivity contribution is -0.385. The zero-order chi connectivity index (χ0) is 22.7. The minimum absolute atomic E-state index is 0.0633. The van der Waals surface area contributed by atoms with E-state index < -0.39 is 28.8 Å². The van der Waals surface area contributed by atoms with Crippen LogP contribution in [0.3, 0.4) is 0 Å². The Morgan fingerprint density at radius 2 is 1.97 bits per heavy atom. The minimum atomic E-state index is -1.03. The highest BCUT2D eigenvalue weighted by atomic mass is 32.2. The van der Waals surface area contributed by atoms with Crippen LogP contribution in [0.15, 0.2) is 41.3 Å². The number of anilines is 1. The molecule has 32 heavy (non-hydrogen) atoms. The number of nitrogens with zero attached hydrogens (tertiary/aromatic N) is 1. The van der Waals surface area contributed by atoms with E-state index in [9.17, 15) is 24.5 Å². The van der Waals surface area contributed by atoms with Gasteiger partial charge in [-0.1, -0.05) is 12.1 Å². The van der Waals surface area contributed by atoms with E-state index in [-0.39, 0.29) is 36.1 Å². The van der Waals surface area contributed by atoms with Crippen molar-refractivity contribution in [2.24, 2.45) is 0 Å². The number of ether oxygens (including phenoxy) is 3. The Bertz CT molecular complexity index is 1110. The van der Waals surface area contributed by atoms with E-state index in [2.05, 4.69) is 10.7 Å². The zero-order valence-corrected chi connectivity index (χ0v) is 17.1. The smallest absolute Gasteiger partial charge is 0.426 e. The summed E-state index contributed by atoms with van der Waals surface area (Å²) in [5.41, 5.74) is 4.68. The highest BCUT2D eigenvalue weighted by molar-refractivity contribution is 8.01. The number of amides is 3. The monoisotopic (exact) mass is 460 g/mol. The number of para-hydroxylation sites is 1. The molecule has 1 unspecified atom stereocenters. The average Bonchev–Trinajstić information content (AvgIpc) is 3.23. The topological polar surface area (TPSA) is 158 Å². The molecule has 2 heterocycles. The second-order valence-electron chi connectivity index (χ2n) is 6.64. The van der Waals surface area contributed by atoms with Crippen LogP contribution in [0.5, 0.6) is 11.5 Å². The van der Waals surface area contributed by atoms with Gasteiger partial charge in [0.25, 0.3) is 5.69 Å². The molecule has 0 fully saturated rings. The molecule has 0 saturated carbocycles. The number of nitro benzene ring substituents is 1. The molecule has 2 aliphatic heterocycles. The van der Waals surface area contributed by atoms with Gasteiger partial charge in [-0.3, -0.25) is 25.1 Å². The molecule has 2 aromatic carbocycles. The van der Waals surface area contributed by atoms with Gasteiger partial charge >= 0.3 is 6.09 Å². The number of hydrazine groups is 1. The Kier molecular flexibility index (Phi) is 5.98. The summed E-state index contributed by atoms with van der Waals surface area (Å²) < 4.78 is 15.2. The summed E-state index contributed by atoms with van der Waals surface area (Å²) in [7, 11) is 0. The number of hydrogen-bond donors (Lipinski definition) is 3. The largest absolute Gasteiger partial charge is 0.454 e. The van der Waals surface area contributed by atoms with E-state index in [0.717, 1.165) is 4.90 Å². The first-order valence-corrected chi connectivity index (χ1v) is 10.1. The molecule has 2 aliphatic rings. The SMILES string of the molecule is O=C(CC1Sc2ccccc2NC1=O)NNC(=O)OCc1cc2c(cc1[N+](=O)[O-])OCO2. The zero-order valence-electron chi connectivity index (χ0n) is 16.3. The van der Waals surface area contributed by atoms with Crippen LogP contribution in [-0.2, 0) is 20.9 Å². The molecule has 0 radical (unpaired) electrons. The maximum atomic E-state index is 12.2. The van der Waals surface area contributed by atoms with Crippen LogP contribution in [0.4, 0.5) is 16.2 Å². The van der Waals surface area contributed by atoms with Gasteiger partial charge in [-0.25, -0.2) is 10.2 Å². The van der Waals surface area contributed by atoms with Crippen LogP contribution in [0.25, 0.3) is 0 Å². The first-order valence-electron chi connectivity index (χ1n) is 9.26. The molecule has 3 N–H and O–H groups in total. The number of fused-ring (bicyclic) bond motifs is 2. The van der Waals surface area contributed by atoms with Gasteiger partial charge in [-0.2, -0.15) is 0 Å². The molecule has 3 amide bonds. The summed E-state index contributed by atoms with van der Waals surface area (Å²) in [5, 5.41) is 13.3. The summed E-state index contributed by atoms with van der Waals surface area (Å²) >= 11 is 1.25. The minimum Gasteiger partial charge on any atom is -0.454 e. The van der Waals surface area contributed by atoms with Gasteiger partial charge in [0.05, 0.1) is 27.5 Å². The van der Waals surface area contributed by atoms with Gasteiger partial charge in [0.15, 0.2) is 11.5 Å². The summed E-state index contributed by atoms with van der Waals surface area (Å²) in [6, 6.07) is 9.74. The van der Waals surface area contributed by atoms with E-state index in [1.54, 1.807) is 12.1 Å². The van der Waals surface area contributed by atoms with Gasteiger partial charge < -0.3 is 19.5 Å². The number of carbonyl (C=O) groups is 3. The summed E-state index contributed by atoms with van der Waals surface area (Å²) in [4.78, 5) is 47.6. The van der Waals surface area contributed by atoms with Crippen LogP contribution < -0.4 is 25.6 Å². The summed E-state index contributed by atoms with van der Waals surface area (Å²) in [6.45, 7) is -0.501. The number of nitro groups is 1. The van der Waals surface area contributed by atoms with Crippen LogP contribution in [-0.4, -0.2) is 34.9 Å². The first-order chi connectivity index (χ1) is 15.4. The third kappa shape index (κ3) is 4.67. The number of carbonyl (C=O) groups excluding carboxylic acids is 3. The molecular weight excluding hydrogens is 444 g/mol. The molecule has 12 nitrogen and oxygen atoms in total. The van der Waals surface area contributed by atoms with E-state index in [1.165, 1.54) is 23.9 Å². The molecule has 0 spiro atoms. The number of rotatable bonds is 5. The van der Waals surface area contributed by atoms with Crippen LogP contribution in [0.2, 0.25) is 0 Å². The van der Waals surface area contributed by atoms with Crippen molar-refractivity contribution in [1.82, 2.24) is 10.9 Å². The normalized spacial score (nSPS) is 15.9. The van der Waals surface area contributed by atoms with Crippen LogP contribution in [0, 0.1) is 10.1 Å². The van der Waals surface area contributed by atoms with E-state index in [4.69, 9.17) is 14.2 Å². The molecule has 2 aromatic rings. The van der Waals surface area contributed by atoms with Crippen molar-refractivity contribution in [2.75, 3.05) is 12.1 Å². The number of benzene rings is 2. The summed E-state index contributed by atoms with van der Waals surface area (Å²) in [5.74, 6) is -0.401. The fourth-order valence-corrected chi connectivity index (χ4v) is 4.12. The Hall–Kier alpha value is -4.00. The molecule has 13 heteroatoms. The van der Waals surface area contributed by atoms with Gasteiger partial charge in [0.1, 0.15) is 6.61 Å². The fraction of sp³-hybridized carbons (Fsp3) is 0.211. The molecule has 0 bridgehead atoms. The van der Waals surface area contributed by atoms with Crippen molar-refractivity contribution in [3.63, 3.8) is 0 Å². The second-order valence-corrected chi connectivity index (χ2v) is 7.88. The van der Waals surface area contributed by atoms with E-state index >= 15 is 0 Å². The second kappa shape index (κ2) is 9.01. The highest BCUT2D eigenvalue weighted by Crippen LogP contribution is 2.38. The number of nitrogens with one attached hydrogen (secondary N) is 3.